The lowest BCUT2D eigenvalue weighted by Gasteiger charge is -2.13. The fourth-order valence-electron chi connectivity index (χ4n) is 1.68. The van der Waals surface area contributed by atoms with E-state index in [0.29, 0.717) is 6.54 Å². The highest BCUT2D eigenvalue weighted by atomic mass is 32.2. The summed E-state index contributed by atoms with van der Waals surface area (Å²) < 4.78 is 9.93. The number of hydrogen-bond donors (Lipinski definition) is 2. The lowest BCUT2D eigenvalue weighted by atomic mass is 10.3. The van der Waals surface area contributed by atoms with Gasteiger partial charge in [-0.3, -0.25) is 14.4 Å². The Labute approximate surface area is 145 Å². The smallest absolute Gasteiger partial charge is 0.316 e. The van der Waals surface area contributed by atoms with Gasteiger partial charge in [-0.1, -0.05) is 0 Å². The van der Waals surface area contributed by atoms with Crippen LogP contribution in [-0.4, -0.2) is 49.8 Å². The van der Waals surface area contributed by atoms with Crippen molar-refractivity contribution in [3.63, 3.8) is 0 Å². The largest absolute Gasteiger partial charge is 0.497 e. The predicted octanol–water partition coefficient (Wildman–Crippen LogP) is 0.971. The number of methoxy groups -OCH3 is 1. The van der Waals surface area contributed by atoms with Crippen LogP contribution in [0.25, 0.3) is 0 Å². The number of carbonyl (C=O) groups is 3. The number of hydrogen-bond acceptors (Lipinski definition) is 6. The second-order valence-electron chi connectivity index (χ2n) is 4.81. The third-order valence-electron chi connectivity index (χ3n) is 2.90. The molecule has 1 rings (SSSR count). The van der Waals surface area contributed by atoms with E-state index in [0.717, 1.165) is 10.6 Å². The van der Waals surface area contributed by atoms with Crippen molar-refractivity contribution < 1.29 is 23.9 Å². The molecule has 0 heterocycles. The average molecular weight is 354 g/mol. The second kappa shape index (κ2) is 10.5. The molecule has 2 N–H and O–H groups in total. The number of rotatable bonds is 9. The first-order valence-electron chi connectivity index (χ1n) is 7.45. The number of benzene rings is 1. The Morgan fingerprint density at radius 1 is 1.21 bits per heavy atom. The molecule has 0 aliphatic rings. The molecule has 1 aromatic carbocycles. The van der Waals surface area contributed by atoms with Gasteiger partial charge < -0.3 is 20.1 Å². The monoisotopic (exact) mass is 354 g/mol. The van der Waals surface area contributed by atoms with Crippen molar-refractivity contribution in [1.82, 2.24) is 10.6 Å². The molecule has 0 saturated heterocycles. The molecule has 1 aromatic rings. The van der Waals surface area contributed by atoms with Crippen LogP contribution in [0, 0.1) is 0 Å². The third kappa shape index (κ3) is 7.36. The zero-order valence-corrected chi connectivity index (χ0v) is 14.8. The molecule has 0 fully saturated rings. The number of ether oxygens (including phenoxy) is 2. The molecule has 8 heteroatoms. The van der Waals surface area contributed by atoms with Crippen molar-refractivity contribution in [3.8, 4) is 5.75 Å². The van der Waals surface area contributed by atoms with E-state index in [1.165, 1.54) is 11.8 Å². The number of amides is 2. The van der Waals surface area contributed by atoms with Gasteiger partial charge >= 0.3 is 5.97 Å². The quantitative estimate of drug-likeness (QED) is 0.507. The maximum absolute atomic E-state index is 11.6. The van der Waals surface area contributed by atoms with Gasteiger partial charge in [0.25, 0.3) is 5.91 Å². The Balaban J connectivity index is 2.27. The van der Waals surface area contributed by atoms with Crippen LogP contribution in [0.3, 0.4) is 0 Å². The topological polar surface area (TPSA) is 93.7 Å². The molecule has 1 atom stereocenters. The van der Waals surface area contributed by atoms with E-state index in [2.05, 4.69) is 10.6 Å². The normalized spacial score (nSPS) is 11.3. The summed E-state index contributed by atoms with van der Waals surface area (Å²) in [6, 6.07) is 6.58. The summed E-state index contributed by atoms with van der Waals surface area (Å²) in [7, 11) is 1.58. The summed E-state index contributed by atoms with van der Waals surface area (Å²) in [5.74, 6) is -0.480. The van der Waals surface area contributed by atoms with Crippen LogP contribution in [0.2, 0.25) is 0 Å². The van der Waals surface area contributed by atoms with Crippen LogP contribution in [-0.2, 0) is 19.1 Å². The first kappa shape index (κ1) is 19.8. The summed E-state index contributed by atoms with van der Waals surface area (Å²) in [6.07, 6.45) is 0. The molecule has 2 amide bonds. The van der Waals surface area contributed by atoms with Gasteiger partial charge in [0.05, 0.1) is 12.9 Å². The standard InChI is InChI=1S/C16H22N2O5S/c1-4-17-16(21)11(2)18-14(19)9-23-15(20)10-24-13-7-5-12(22-3)6-8-13/h5-8,11H,4,9-10H2,1-3H3,(H,17,21)(H,18,19)/t11-/m1/s1. The number of thioether (sulfide) groups is 1. The van der Waals surface area contributed by atoms with Gasteiger partial charge in [0.15, 0.2) is 6.61 Å². The molecule has 0 spiro atoms. The second-order valence-corrected chi connectivity index (χ2v) is 5.86. The van der Waals surface area contributed by atoms with Crippen molar-refractivity contribution in [2.75, 3.05) is 26.0 Å². The third-order valence-corrected chi connectivity index (χ3v) is 3.89. The predicted molar refractivity (Wildman–Crippen MR) is 91.0 cm³/mol. The summed E-state index contributed by atoms with van der Waals surface area (Å²) in [5.41, 5.74) is 0. The SMILES string of the molecule is CCNC(=O)[C@@H](C)NC(=O)COC(=O)CSc1ccc(OC)cc1. The van der Waals surface area contributed by atoms with E-state index in [1.807, 2.05) is 12.1 Å². The van der Waals surface area contributed by atoms with E-state index < -0.39 is 24.5 Å². The van der Waals surface area contributed by atoms with Gasteiger partial charge in [0, 0.05) is 11.4 Å². The highest BCUT2D eigenvalue weighted by Crippen LogP contribution is 2.21. The molecule has 24 heavy (non-hydrogen) atoms. The van der Waals surface area contributed by atoms with Gasteiger partial charge in [-0.2, -0.15) is 0 Å². The lowest BCUT2D eigenvalue weighted by molar-refractivity contribution is -0.146. The zero-order chi connectivity index (χ0) is 17.9. The minimum Gasteiger partial charge on any atom is -0.497 e. The lowest BCUT2D eigenvalue weighted by Crippen LogP contribution is -2.46. The van der Waals surface area contributed by atoms with Crippen molar-refractivity contribution in [3.05, 3.63) is 24.3 Å². The van der Waals surface area contributed by atoms with Gasteiger partial charge in [-0.05, 0) is 38.1 Å². The maximum atomic E-state index is 11.6. The van der Waals surface area contributed by atoms with Crippen LogP contribution in [0.15, 0.2) is 29.2 Å². The Hall–Kier alpha value is -2.22. The molecule has 132 valence electrons. The van der Waals surface area contributed by atoms with Gasteiger partial charge in [0.2, 0.25) is 5.91 Å². The van der Waals surface area contributed by atoms with E-state index in [1.54, 1.807) is 33.1 Å². The van der Waals surface area contributed by atoms with Crippen molar-refractivity contribution in [2.24, 2.45) is 0 Å². The molecule has 0 saturated carbocycles. The number of likely N-dealkylation sites (N-methyl/N-ethyl adjacent to an activating group) is 1. The number of carbonyl (C=O) groups excluding carboxylic acids is 3. The molecular formula is C16H22N2O5S. The van der Waals surface area contributed by atoms with Crippen LogP contribution in [0.1, 0.15) is 13.8 Å². The van der Waals surface area contributed by atoms with E-state index >= 15 is 0 Å². The summed E-state index contributed by atoms with van der Waals surface area (Å²) in [6.45, 7) is 3.42. The fourth-order valence-corrected chi connectivity index (χ4v) is 2.37. The highest BCUT2D eigenvalue weighted by Gasteiger charge is 2.15. The van der Waals surface area contributed by atoms with Crippen molar-refractivity contribution >= 4 is 29.5 Å². The first-order chi connectivity index (χ1) is 11.5. The van der Waals surface area contributed by atoms with Gasteiger partial charge in [-0.15, -0.1) is 11.8 Å². The Bertz CT molecular complexity index is 562. The number of esters is 1. The van der Waals surface area contributed by atoms with E-state index in [9.17, 15) is 14.4 Å². The number of nitrogens with one attached hydrogen (secondary N) is 2. The van der Waals surface area contributed by atoms with Crippen LogP contribution >= 0.6 is 11.8 Å². The molecule has 0 aliphatic heterocycles. The first-order valence-corrected chi connectivity index (χ1v) is 8.44. The molecule has 0 aromatic heterocycles. The van der Waals surface area contributed by atoms with Gasteiger partial charge in [-0.25, -0.2) is 0 Å². The maximum Gasteiger partial charge on any atom is 0.316 e. The Morgan fingerprint density at radius 3 is 2.46 bits per heavy atom. The summed E-state index contributed by atoms with van der Waals surface area (Å²) in [5, 5.41) is 5.05. The molecule has 0 aliphatic carbocycles. The highest BCUT2D eigenvalue weighted by molar-refractivity contribution is 8.00. The Kier molecular flexibility index (Phi) is 8.70. The summed E-state index contributed by atoms with van der Waals surface area (Å²) >= 11 is 1.30. The minimum atomic E-state index is -0.676. The van der Waals surface area contributed by atoms with E-state index in [4.69, 9.17) is 9.47 Å². The van der Waals surface area contributed by atoms with Crippen LogP contribution in [0.5, 0.6) is 5.75 Å². The van der Waals surface area contributed by atoms with Crippen LogP contribution < -0.4 is 15.4 Å². The Morgan fingerprint density at radius 2 is 1.88 bits per heavy atom. The molecule has 0 bridgehead atoms. The van der Waals surface area contributed by atoms with Gasteiger partial charge in [0.1, 0.15) is 11.8 Å². The zero-order valence-electron chi connectivity index (χ0n) is 14.0. The van der Waals surface area contributed by atoms with Crippen molar-refractivity contribution in [1.29, 1.82) is 0 Å². The van der Waals surface area contributed by atoms with Crippen molar-refractivity contribution in [2.45, 2.75) is 24.8 Å². The molecule has 0 radical (unpaired) electrons. The fraction of sp³-hybridized carbons (Fsp3) is 0.438. The average Bonchev–Trinajstić information content (AvgIpc) is 2.58. The molecular weight excluding hydrogens is 332 g/mol. The summed E-state index contributed by atoms with van der Waals surface area (Å²) in [4.78, 5) is 35.6. The van der Waals surface area contributed by atoms with Crippen LogP contribution in [0.4, 0.5) is 0 Å². The minimum absolute atomic E-state index is 0.0888. The molecule has 7 nitrogen and oxygen atoms in total. The molecule has 0 unspecified atom stereocenters. The van der Waals surface area contributed by atoms with E-state index in [-0.39, 0.29) is 11.7 Å².